The molecule has 1 aliphatic heterocycles. The first-order valence-electron chi connectivity index (χ1n) is 9.56. The highest BCUT2D eigenvalue weighted by molar-refractivity contribution is 7.93. The summed E-state index contributed by atoms with van der Waals surface area (Å²) in [5.74, 6) is -1.32. The van der Waals surface area contributed by atoms with E-state index in [-0.39, 0.29) is 36.0 Å². The van der Waals surface area contributed by atoms with Crippen LogP contribution in [0.15, 0.2) is 59.6 Å². The summed E-state index contributed by atoms with van der Waals surface area (Å²) in [6.45, 7) is 0.680. The van der Waals surface area contributed by atoms with Gasteiger partial charge in [0.1, 0.15) is 11.5 Å². The Morgan fingerprint density at radius 2 is 1.84 bits per heavy atom. The topological polar surface area (TPSA) is 126 Å². The van der Waals surface area contributed by atoms with Gasteiger partial charge in [-0.05, 0) is 62.3 Å². The van der Waals surface area contributed by atoms with Gasteiger partial charge in [-0.1, -0.05) is 17.3 Å². The van der Waals surface area contributed by atoms with E-state index >= 15 is 0 Å². The second-order valence-corrected chi connectivity index (χ2v) is 9.50. The van der Waals surface area contributed by atoms with Crippen LogP contribution in [0.25, 0.3) is 16.9 Å². The first kappa shape index (κ1) is 23.8. The van der Waals surface area contributed by atoms with Crippen LogP contribution in [0.2, 0.25) is 0 Å². The molecular formula is C20H21ClFN5O4S. The monoisotopic (exact) mass is 481 g/mol. The van der Waals surface area contributed by atoms with Gasteiger partial charge in [0.15, 0.2) is 14.6 Å². The van der Waals surface area contributed by atoms with Crippen molar-refractivity contribution in [1.82, 2.24) is 25.8 Å². The minimum absolute atomic E-state index is 0. The molecule has 0 saturated carbocycles. The van der Waals surface area contributed by atoms with Gasteiger partial charge in [0.05, 0.1) is 16.8 Å². The number of hydrogen-bond donors (Lipinski definition) is 3. The molecule has 0 atom stereocenters. The summed E-state index contributed by atoms with van der Waals surface area (Å²) in [5, 5.41) is 20.2. The van der Waals surface area contributed by atoms with Gasteiger partial charge in [-0.3, -0.25) is 10.0 Å². The molecule has 1 aromatic heterocycles. The van der Waals surface area contributed by atoms with E-state index in [4.69, 9.17) is 5.21 Å². The molecule has 4 rings (SSSR count). The number of piperidine rings is 1. The number of amides is 1. The smallest absolute Gasteiger partial charge is 0.265 e. The van der Waals surface area contributed by atoms with Crippen LogP contribution in [0.5, 0.6) is 0 Å². The average molecular weight is 482 g/mol. The van der Waals surface area contributed by atoms with Gasteiger partial charge in [-0.15, -0.1) is 17.5 Å². The van der Waals surface area contributed by atoms with E-state index in [2.05, 4.69) is 15.6 Å². The number of nitrogens with one attached hydrogen (secondary N) is 2. The lowest BCUT2D eigenvalue weighted by Crippen LogP contribution is -2.57. The number of rotatable bonds is 5. The standard InChI is InChI=1S/C20H20FN5O4S.ClH/c21-15-3-1-2-14(12-15)18-13-26(25-23-18)16-4-6-17(7-5-16)31(29,30)20(19(27)24-28)8-10-22-11-9-20;/h1-7,12-13,22,28H,8-11H2,(H,24,27);1H. The zero-order valence-corrected chi connectivity index (χ0v) is 18.4. The molecule has 1 amide bonds. The van der Waals surface area contributed by atoms with E-state index in [0.29, 0.717) is 30.0 Å². The third kappa shape index (κ3) is 4.11. The summed E-state index contributed by atoms with van der Waals surface area (Å²) in [6.07, 6.45) is 1.69. The van der Waals surface area contributed by atoms with Crippen molar-refractivity contribution in [3.63, 3.8) is 0 Å². The van der Waals surface area contributed by atoms with Crippen molar-refractivity contribution in [3.8, 4) is 16.9 Å². The van der Waals surface area contributed by atoms with Gasteiger partial charge in [0.25, 0.3) is 5.91 Å². The molecule has 0 aliphatic carbocycles. The van der Waals surface area contributed by atoms with Gasteiger partial charge >= 0.3 is 0 Å². The molecule has 9 nitrogen and oxygen atoms in total. The highest BCUT2D eigenvalue weighted by Crippen LogP contribution is 2.34. The van der Waals surface area contributed by atoms with Gasteiger partial charge in [0, 0.05) is 5.56 Å². The van der Waals surface area contributed by atoms with Gasteiger partial charge < -0.3 is 5.32 Å². The number of carbonyl (C=O) groups excluding carboxylic acids is 1. The number of carbonyl (C=O) groups is 1. The molecule has 0 radical (unpaired) electrons. The molecular weight excluding hydrogens is 461 g/mol. The van der Waals surface area contributed by atoms with Crippen LogP contribution in [-0.4, -0.2) is 52.4 Å². The number of benzene rings is 2. The van der Waals surface area contributed by atoms with E-state index in [0.717, 1.165) is 0 Å². The van der Waals surface area contributed by atoms with Crippen molar-refractivity contribution in [2.75, 3.05) is 13.1 Å². The molecule has 1 saturated heterocycles. The molecule has 1 fully saturated rings. The Morgan fingerprint density at radius 3 is 2.47 bits per heavy atom. The molecule has 2 heterocycles. The largest absolute Gasteiger partial charge is 0.317 e. The summed E-state index contributed by atoms with van der Waals surface area (Å²) in [6, 6.07) is 11.8. The molecule has 2 aromatic carbocycles. The quantitative estimate of drug-likeness (QED) is 0.375. The van der Waals surface area contributed by atoms with Crippen molar-refractivity contribution in [3.05, 3.63) is 60.5 Å². The minimum atomic E-state index is -4.08. The fraction of sp³-hybridized carbons (Fsp3) is 0.250. The maximum Gasteiger partial charge on any atom is 0.265 e. The lowest BCUT2D eigenvalue weighted by atomic mass is 9.96. The lowest BCUT2D eigenvalue weighted by molar-refractivity contribution is -0.132. The SMILES string of the molecule is Cl.O=C(NO)C1(S(=O)(=O)c2ccc(-n3cc(-c4cccc(F)c4)nn3)cc2)CCNCC1. The molecule has 3 aromatic rings. The predicted molar refractivity (Wildman–Crippen MR) is 116 cm³/mol. The van der Waals surface area contributed by atoms with E-state index in [9.17, 15) is 17.6 Å². The molecule has 1 aliphatic rings. The summed E-state index contributed by atoms with van der Waals surface area (Å²) in [4.78, 5) is 12.3. The summed E-state index contributed by atoms with van der Waals surface area (Å²) in [7, 11) is -4.08. The lowest BCUT2D eigenvalue weighted by Gasteiger charge is -2.34. The Hall–Kier alpha value is -2.86. The number of sulfone groups is 1. The van der Waals surface area contributed by atoms with Crippen LogP contribution in [0.4, 0.5) is 4.39 Å². The Morgan fingerprint density at radius 1 is 1.16 bits per heavy atom. The first-order chi connectivity index (χ1) is 14.9. The molecule has 0 spiro atoms. The van der Waals surface area contributed by atoms with E-state index in [1.54, 1.807) is 30.5 Å². The number of hydrogen-bond acceptors (Lipinski definition) is 7. The van der Waals surface area contributed by atoms with Crippen molar-refractivity contribution in [1.29, 1.82) is 0 Å². The fourth-order valence-electron chi connectivity index (χ4n) is 3.72. The molecule has 0 unspecified atom stereocenters. The normalized spacial score (nSPS) is 15.6. The maximum absolute atomic E-state index is 13.4. The minimum Gasteiger partial charge on any atom is -0.317 e. The van der Waals surface area contributed by atoms with Gasteiger partial charge in [-0.2, -0.15) is 0 Å². The van der Waals surface area contributed by atoms with Crippen LogP contribution in [0.3, 0.4) is 0 Å². The Labute approximate surface area is 189 Å². The first-order valence-corrected chi connectivity index (χ1v) is 11.0. The average Bonchev–Trinajstić information content (AvgIpc) is 3.29. The van der Waals surface area contributed by atoms with Crippen LogP contribution in [0, 0.1) is 5.82 Å². The fourth-order valence-corrected chi connectivity index (χ4v) is 5.70. The zero-order valence-electron chi connectivity index (χ0n) is 16.7. The van der Waals surface area contributed by atoms with Crippen molar-refractivity contribution in [2.45, 2.75) is 22.5 Å². The van der Waals surface area contributed by atoms with E-state index in [1.807, 2.05) is 0 Å². The molecule has 12 heteroatoms. The molecule has 32 heavy (non-hydrogen) atoms. The molecule has 3 N–H and O–H groups in total. The van der Waals surface area contributed by atoms with Gasteiger partial charge in [0.2, 0.25) is 0 Å². The van der Waals surface area contributed by atoms with Crippen LogP contribution < -0.4 is 10.8 Å². The second kappa shape index (κ2) is 9.33. The van der Waals surface area contributed by atoms with Crippen LogP contribution in [0.1, 0.15) is 12.8 Å². The summed E-state index contributed by atoms with van der Waals surface area (Å²) in [5.41, 5.74) is 3.08. The Kier molecular flexibility index (Phi) is 6.94. The van der Waals surface area contributed by atoms with Gasteiger partial charge in [-0.25, -0.2) is 23.0 Å². The molecule has 170 valence electrons. The Bertz CT molecular complexity index is 1210. The number of aromatic nitrogens is 3. The number of nitrogens with zero attached hydrogens (tertiary/aromatic N) is 3. The van der Waals surface area contributed by atoms with Crippen molar-refractivity contribution < 1.29 is 22.8 Å². The van der Waals surface area contributed by atoms with E-state index in [1.165, 1.54) is 34.4 Å². The third-order valence-electron chi connectivity index (χ3n) is 5.47. The number of halogens is 2. The van der Waals surface area contributed by atoms with Crippen LogP contribution in [-0.2, 0) is 14.6 Å². The summed E-state index contributed by atoms with van der Waals surface area (Å²) < 4.78 is 39.8. The van der Waals surface area contributed by atoms with E-state index < -0.39 is 20.5 Å². The van der Waals surface area contributed by atoms with Crippen LogP contribution >= 0.6 is 12.4 Å². The maximum atomic E-state index is 13.4. The summed E-state index contributed by atoms with van der Waals surface area (Å²) >= 11 is 0. The predicted octanol–water partition coefficient (Wildman–Crippen LogP) is 1.90. The highest BCUT2D eigenvalue weighted by Gasteiger charge is 2.51. The van der Waals surface area contributed by atoms with Crippen molar-refractivity contribution >= 4 is 28.2 Å². The third-order valence-corrected chi connectivity index (χ3v) is 7.98. The number of hydroxylamine groups is 1. The second-order valence-electron chi connectivity index (χ2n) is 7.24. The van der Waals surface area contributed by atoms with Crippen molar-refractivity contribution in [2.24, 2.45) is 0 Å². The highest BCUT2D eigenvalue weighted by atomic mass is 35.5. The Balaban J connectivity index is 0.00000289. The molecule has 0 bridgehead atoms. The zero-order chi connectivity index (χ0) is 22.1.